The number of nitrogens with zero attached hydrogens (tertiary/aromatic N) is 1. The average molecular weight is 260 g/mol. The largest absolute Gasteiger partial charge is 0.459 e. The van der Waals surface area contributed by atoms with E-state index in [9.17, 15) is 4.79 Å². The molecule has 0 spiro atoms. The second-order valence-electron chi connectivity index (χ2n) is 5.62. The van der Waals surface area contributed by atoms with Crippen molar-refractivity contribution in [3.63, 3.8) is 0 Å². The van der Waals surface area contributed by atoms with Gasteiger partial charge < -0.3 is 4.74 Å². The van der Waals surface area contributed by atoms with Gasteiger partial charge in [-0.05, 0) is 52.7 Å². The molecule has 0 aromatic heterocycles. The topological polar surface area (TPSA) is 29.5 Å². The van der Waals surface area contributed by atoms with E-state index in [0.717, 1.165) is 31.5 Å². The summed E-state index contributed by atoms with van der Waals surface area (Å²) >= 11 is 5.66. The Balaban J connectivity index is 2.60. The minimum atomic E-state index is -0.414. The molecule has 1 heterocycles. The van der Waals surface area contributed by atoms with Crippen molar-refractivity contribution in [2.24, 2.45) is 0 Å². The maximum atomic E-state index is 12.0. The highest BCUT2D eigenvalue weighted by molar-refractivity contribution is 6.25. The van der Waals surface area contributed by atoms with Crippen LogP contribution in [0.5, 0.6) is 0 Å². The lowest BCUT2D eigenvalue weighted by atomic mass is 10.1. The Bertz CT molecular complexity index is 307. The molecule has 3 nitrogen and oxygen atoms in total. The molecule has 1 rings (SSSR count). The fourth-order valence-corrected chi connectivity index (χ4v) is 2.08. The second-order valence-corrected chi connectivity index (χ2v) is 5.84. The van der Waals surface area contributed by atoms with Gasteiger partial charge in [-0.1, -0.05) is 11.6 Å². The number of ether oxygens (including phenoxy) is 1. The van der Waals surface area contributed by atoms with E-state index >= 15 is 0 Å². The summed E-state index contributed by atoms with van der Waals surface area (Å²) in [5.41, 5.74) is 2.23. The monoisotopic (exact) mass is 259 g/mol. The first-order chi connectivity index (χ1) is 7.83. The molecule has 0 bridgehead atoms. The van der Waals surface area contributed by atoms with Gasteiger partial charge in [-0.15, -0.1) is 0 Å². The van der Waals surface area contributed by atoms with Crippen molar-refractivity contribution in [3.05, 3.63) is 11.1 Å². The zero-order valence-corrected chi connectivity index (χ0v) is 11.9. The van der Waals surface area contributed by atoms with E-state index < -0.39 is 5.60 Å². The zero-order chi connectivity index (χ0) is 13.1. The third-order valence-corrected chi connectivity index (χ3v) is 3.05. The summed E-state index contributed by atoms with van der Waals surface area (Å²) in [5, 5.41) is 0. The van der Waals surface area contributed by atoms with Gasteiger partial charge in [-0.25, -0.2) is 0 Å². The van der Waals surface area contributed by atoms with Crippen LogP contribution in [-0.2, 0) is 9.53 Å². The van der Waals surface area contributed by atoms with E-state index in [0.29, 0.717) is 0 Å². The van der Waals surface area contributed by atoms with Crippen molar-refractivity contribution >= 4 is 17.6 Å². The number of likely N-dealkylation sites (tertiary alicyclic amines) is 1. The van der Waals surface area contributed by atoms with Crippen LogP contribution in [0, 0.1) is 0 Å². The molecule has 0 aromatic carbocycles. The molecule has 0 unspecified atom stereocenters. The number of esters is 1. The third kappa shape index (κ3) is 4.68. The van der Waals surface area contributed by atoms with Gasteiger partial charge in [-0.2, -0.15) is 0 Å². The number of hydrogen-bond donors (Lipinski definition) is 0. The predicted octanol–water partition coefficient (Wildman–Crippen LogP) is 2.94. The Morgan fingerprint density at radius 1 is 1.53 bits per heavy atom. The van der Waals surface area contributed by atoms with E-state index in [1.54, 1.807) is 5.54 Å². The highest BCUT2D eigenvalue weighted by Gasteiger charge is 2.33. The summed E-state index contributed by atoms with van der Waals surface area (Å²) in [4.78, 5) is 14.2. The highest BCUT2D eigenvalue weighted by Crippen LogP contribution is 2.22. The van der Waals surface area contributed by atoms with Crippen molar-refractivity contribution in [3.8, 4) is 0 Å². The average Bonchev–Trinajstić information content (AvgIpc) is 2.63. The van der Waals surface area contributed by atoms with Gasteiger partial charge in [0.05, 0.1) is 0 Å². The quantitative estimate of drug-likeness (QED) is 0.730. The van der Waals surface area contributed by atoms with Gasteiger partial charge in [0.15, 0.2) is 0 Å². The van der Waals surface area contributed by atoms with Crippen molar-refractivity contribution in [1.82, 2.24) is 4.90 Å². The minimum absolute atomic E-state index is 0.110. The maximum absolute atomic E-state index is 12.0. The molecule has 1 saturated heterocycles. The Morgan fingerprint density at radius 2 is 2.18 bits per heavy atom. The molecule has 1 fully saturated rings. The number of hydrogen-bond acceptors (Lipinski definition) is 3. The molecule has 98 valence electrons. The first kappa shape index (κ1) is 14.5. The Hall–Kier alpha value is -0.540. The first-order valence-electron chi connectivity index (χ1n) is 6.06. The SMILES string of the molecule is CC(=CCl)CN1CCC[C@H]1C(=O)OC(C)(C)C. The minimum Gasteiger partial charge on any atom is -0.459 e. The standard InChI is InChI=1S/C13H22ClNO2/c1-10(8-14)9-15-7-5-6-11(15)12(16)17-13(2,3)4/h8,11H,5-7,9H2,1-4H3/t11-/m0/s1. The van der Waals surface area contributed by atoms with Gasteiger partial charge in [0.25, 0.3) is 0 Å². The van der Waals surface area contributed by atoms with Crippen molar-refractivity contribution in [2.75, 3.05) is 13.1 Å². The lowest BCUT2D eigenvalue weighted by Crippen LogP contribution is -2.41. The highest BCUT2D eigenvalue weighted by atomic mass is 35.5. The smallest absolute Gasteiger partial charge is 0.323 e. The summed E-state index contributed by atoms with van der Waals surface area (Å²) in [6.07, 6.45) is 1.92. The van der Waals surface area contributed by atoms with Gasteiger partial charge in [-0.3, -0.25) is 9.69 Å². The van der Waals surface area contributed by atoms with Gasteiger partial charge in [0.2, 0.25) is 0 Å². The summed E-state index contributed by atoms with van der Waals surface area (Å²) < 4.78 is 5.43. The molecule has 0 saturated carbocycles. The number of carbonyl (C=O) groups is 1. The molecule has 0 N–H and O–H groups in total. The molecule has 1 atom stereocenters. The Labute approximate surface area is 109 Å². The second kappa shape index (κ2) is 5.87. The number of halogens is 1. The van der Waals surface area contributed by atoms with Crippen LogP contribution in [0.1, 0.15) is 40.5 Å². The van der Waals surface area contributed by atoms with E-state index in [-0.39, 0.29) is 12.0 Å². The summed E-state index contributed by atoms with van der Waals surface area (Å²) in [6.45, 7) is 9.34. The van der Waals surface area contributed by atoms with E-state index in [4.69, 9.17) is 16.3 Å². The molecule has 0 radical (unpaired) electrons. The Kier molecular flexibility index (Phi) is 5.02. The molecular weight excluding hydrogens is 238 g/mol. The fraction of sp³-hybridized carbons (Fsp3) is 0.769. The molecule has 0 aromatic rings. The lowest BCUT2D eigenvalue weighted by molar-refractivity contribution is -0.160. The normalized spacial score (nSPS) is 22.9. The molecule has 0 aliphatic carbocycles. The molecule has 17 heavy (non-hydrogen) atoms. The fourth-order valence-electron chi connectivity index (χ4n) is 2.01. The lowest BCUT2D eigenvalue weighted by Gasteiger charge is -2.27. The van der Waals surface area contributed by atoms with Crippen LogP contribution in [0.4, 0.5) is 0 Å². The van der Waals surface area contributed by atoms with Gasteiger partial charge in [0, 0.05) is 12.1 Å². The van der Waals surface area contributed by atoms with Crippen LogP contribution in [0.3, 0.4) is 0 Å². The van der Waals surface area contributed by atoms with E-state index in [2.05, 4.69) is 4.90 Å². The van der Waals surface area contributed by atoms with Gasteiger partial charge >= 0.3 is 5.97 Å². The number of carbonyl (C=O) groups excluding carboxylic acids is 1. The van der Waals surface area contributed by atoms with Gasteiger partial charge in [0.1, 0.15) is 11.6 Å². The van der Waals surface area contributed by atoms with Crippen LogP contribution in [-0.4, -0.2) is 35.6 Å². The third-order valence-electron chi connectivity index (χ3n) is 2.68. The Morgan fingerprint density at radius 3 is 2.71 bits per heavy atom. The molecule has 1 aliphatic rings. The predicted molar refractivity (Wildman–Crippen MR) is 70.1 cm³/mol. The van der Waals surface area contributed by atoms with E-state index in [1.165, 1.54) is 0 Å². The van der Waals surface area contributed by atoms with Crippen molar-refractivity contribution in [1.29, 1.82) is 0 Å². The maximum Gasteiger partial charge on any atom is 0.323 e. The van der Waals surface area contributed by atoms with Crippen LogP contribution >= 0.6 is 11.6 Å². The van der Waals surface area contributed by atoms with Crippen LogP contribution in [0.15, 0.2) is 11.1 Å². The molecular formula is C13H22ClNO2. The van der Waals surface area contributed by atoms with Crippen molar-refractivity contribution in [2.45, 2.75) is 52.2 Å². The molecule has 0 amide bonds. The van der Waals surface area contributed by atoms with Crippen molar-refractivity contribution < 1.29 is 9.53 Å². The van der Waals surface area contributed by atoms with E-state index in [1.807, 2.05) is 27.7 Å². The summed E-state index contributed by atoms with van der Waals surface area (Å²) in [7, 11) is 0. The summed E-state index contributed by atoms with van der Waals surface area (Å²) in [6, 6.07) is -0.110. The number of rotatable bonds is 3. The van der Waals surface area contributed by atoms with Crippen LogP contribution in [0.25, 0.3) is 0 Å². The molecule has 1 aliphatic heterocycles. The zero-order valence-electron chi connectivity index (χ0n) is 11.1. The molecule has 4 heteroatoms. The van der Waals surface area contributed by atoms with Crippen LogP contribution < -0.4 is 0 Å². The first-order valence-corrected chi connectivity index (χ1v) is 6.50. The van der Waals surface area contributed by atoms with Crippen LogP contribution in [0.2, 0.25) is 0 Å². The summed E-state index contributed by atoms with van der Waals surface area (Å²) in [5.74, 6) is -0.114.